The van der Waals surface area contributed by atoms with Crippen molar-refractivity contribution in [2.24, 2.45) is 0 Å². The number of nitrogens with zero attached hydrogens (tertiary/aromatic N) is 2. The number of rotatable bonds is 9. The zero-order chi connectivity index (χ0) is 26.4. The standard InChI is InChI=1S/C28H32F2N4O3/c1-3-28(29,30)25-15-20(6-9-31-25)27(36)33-22-5-4-18(2)23(17-22)21-14-24(19-7-12-37-13-8-19)34-26(16-21)32-10-11-35/h4-6,9,14-17,19,35H,3,7-8,10-13H2,1-2H3,(H,32,34)(H,33,36). The van der Waals surface area contributed by atoms with Crippen molar-refractivity contribution in [3.8, 4) is 11.1 Å². The number of amides is 1. The molecular formula is C28H32F2N4O3. The van der Waals surface area contributed by atoms with Crippen LogP contribution in [0.4, 0.5) is 20.3 Å². The first kappa shape index (κ1) is 26.6. The molecule has 0 spiro atoms. The molecule has 3 aromatic rings. The Morgan fingerprint density at radius 1 is 1.16 bits per heavy atom. The zero-order valence-electron chi connectivity index (χ0n) is 21.1. The number of aromatic nitrogens is 2. The minimum absolute atomic E-state index is 0.0139. The van der Waals surface area contributed by atoms with Gasteiger partial charge in [-0.3, -0.25) is 9.78 Å². The molecule has 4 rings (SSSR count). The van der Waals surface area contributed by atoms with Crippen molar-refractivity contribution in [2.75, 3.05) is 37.0 Å². The van der Waals surface area contributed by atoms with E-state index in [4.69, 9.17) is 9.72 Å². The van der Waals surface area contributed by atoms with Crippen LogP contribution in [-0.2, 0) is 10.7 Å². The Morgan fingerprint density at radius 2 is 1.95 bits per heavy atom. The molecule has 7 nitrogen and oxygen atoms in total. The summed E-state index contributed by atoms with van der Waals surface area (Å²) in [6, 6.07) is 12.1. The van der Waals surface area contributed by atoms with Crippen LogP contribution in [-0.4, -0.2) is 47.3 Å². The molecule has 0 bridgehead atoms. The number of nitrogens with one attached hydrogen (secondary N) is 2. The molecule has 196 valence electrons. The summed E-state index contributed by atoms with van der Waals surface area (Å²) in [7, 11) is 0. The molecule has 1 amide bonds. The SMILES string of the molecule is CCC(F)(F)c1cc(C(=O)Nc2ccc(C)c(-c3cc(NCCO)nc(C4CCOCC4)c3)c2)ccn1. The lowest BCUT2D eigenvalue weighted by atomic mass is 9.92. The fourth-order valence-electron chi connectivity index (χ4n) is 4.35. The summed E-state index contributed by atoms with van der Waals surface area (Å²) in [5.74, 6) is -2.65. The highest BCUT2D eigenvalue weighted by molar-refractivity contribution is 6.04. The Kier molecular flexibility index (Phi) is 8.45. The minimum atomic E-state index is -3.10. The third kappa shape index (κ3) is 6.47. The Morgan fingerprint density at radius 3 is 2.68 bits per heavy atom. The summed E-state index contributed by atoms with van der Waals surface area (Å²) in [5.41, 5.74) is 4.03. The van der Waals surface area contributed by atoms with Crippen LogP contribution in [0.25, 0.3) is 11.1 Å². The van der Waals surface area contributed by atoms with Gasteiger partial charge < -0.3 is 20.5 Å². The topological polar surface area (TPSA) is 96.4 Å². The van der Waals surface area contributed by atoms with Crippen molar-refractivity contribution in [3.63, 3.8) is 0 Å². The summed E-state index contributed by atoms with van der Waals surface area (Å²) < 4.78 is 33.7. The number of aryl methyl sites for hydroxylation is 1. The van der Waals surface area contributed by atoms with Crippen LogP contribution in [0.1, 0.15) is 59.4 Å². The maximum Gasteiger partial charge on any atom is 0.289 e. The highest BCUT2D eigenvalue weighted by Crippen LogP contribution is 2.34. The van der Waals surface area contributed by atoms with Crippen LogP contribution in [0, 0.1) is 6.92 Å². The van der Waals surface area contributed by atoms with Gasteiger partial charge in [-0.15, -0.1) is 0 Å². The Hall–Kier alpha value is -3.43. The highest BCUT2D eigenvalue weighted by atomic mass is 19.3. The summed E-state index contributed by atoms with van der Waals surface area (Å²) >= 11 is 0. The fourth-order valence-corrected chi connectivity index (χ4v) is 4.35. The van der Waals surface area contributed by atoms with Crippen LogP contribution in [0.15, 0.2) is 48.7 Å². The van der Waals surface area contributed by atoms with E-state index in [1.165, 1.54) is 19.2 Å². The molecule has 0 atom stereocenters. The molecule has 0 aliphatic carbocycles. The van der Waals surface area contributed by atoms with Crippen LogP contribution in [0.2, 0.25) is 0 Å². The van der Waals surface area contributed by atoms with Crippen LogP contribution in [0.3, 0.4) is 0 Å². The summed E-state index contributed by atoms with van der Waals surface area (Å²) in [6.45, 7) is 5.11. The Balaban J connectivity index is 1.63. The van der Waals surface area contributed by atoms with Gasteiger partial charge in [0.1, 0.15) is 11.5 Å². The molecule has 1 aromatic carbocycles. The van der Waals surface area contributed by atoms with Crippen molar-refractivity contribution in [2.45, 2.75) is 45.0 Å². The molecule has 3 N–H and O–H groups in total. The van der Waals surface area contributed by atoms with Crippen LogP contribution >= 0.6 is 0 Å². The van der Waals surface area contributed by atoms with E-state index in [0.29, 0.717) is 31.3 Å². The van der Waals surface area contributed by atoms with E-state index in [9.17, 15) is 18.7 Å². The molecule has 0 radical (unpaired) electrons. The second-order valence-electron chi connectivity index (χ2n) is 9.17. The molecule has 0 saturated carbocycles. The maximum atomic E-state index is 14.1. The monoisotopic (exact) mass is 510 g/mol. The lowest BCUT2D eigenvalue weighted by molar-refractivity contribution is -0.0128. The Labute approximate surface area is 215 Å². The van der Waals surface area contributed by atoms with E-state index in [2.05, 4.69) is 21.7 Å². The average molecular weight is 511 g/mol. The number of ether oxygens (including phenoxy) is 1. The molecule has 1 aliphatic heterocycles. The van der Waals surface area contributed by atoms with Gasteiger partial charge in [-0.05, 0) is 72.9 Å². The van der Waals surface area contributed by atoms with Crippen molar-refractivity contribution >= 4 is 17.4 Å². The minimum Gasteiger partial charge on any atom is -0.395 e. The molecule has 9 heteroatoms. The lowest BCUT2D eigenvalue weighted by Crippen LogP contribution is -2.17. The fraction of sp³-hybridized carbons (Fsp3) is 0.393. The first-order valence-corrected chi connectivity index (χ1v) is 12.5. The number of benzene rings is 1. The summed E-state index contributed by atoms with van der Waals surface area (Å²) in [4.78, 5) is 21.4. The van der Waals surface area contributed by atoms with E-state index >= 15 is 0 Å². The molecule has 37 heavy (non-hydrogen) atoms. The van der Waals surface area contributed by atoms with E-state index in [0.717, 1.165) is 41.3 Å². The molecule has 1 saturated heterocycles. The summed E-state index contributed by atoms with van der Waals surface area (Å²) in [5, 5.41) is 15.3. The molecule has 1 fully saturated rings. The number of carbonyl (C=O) groups is 1. The van der Waals surface area contributed by atoms with Gasteiger partial charge in [0.05, 0.1) is 6.61 Å². The molecule has 2 aromatic heterocycles. The number of hydrogen-bond acceptors (Lipinski definition) is 6. The molecule has 1 aliphatic rings. The van der Waals surface area contributed by atoms with Crippen molar-refractivity contribution in [3.05, 3.63) is 71.2 Å². The summed E-state index contributed by atoms with van der Waals surface area (Å²) in [6.07, 6.45) is 2.60. The molecular weight excluding hydrogens is 478 g/mol. The number of pyridine rings is 2. The lowest BCUT2D eigenvalue weighted by Gasteiger charge is -2.23. The smallest absolute Gasteiger partial charge is 0.289 e. The quantitative estimate of drug-likeness (QED) is 0.352. The van der Waals surface area contributed by atoms with Gasteiger partial charge in [0.15, 0.2) is 0 Å². The van der Waals surface area contributed by atoms with Crippen LogP contribution in [0.5, 0.6) is 0 Å². The van der Waals surface area contributed by atoms with Crippen molar-refractivity contribution < 1.29 is 23.4 Å². The second kappa shape index (κ2) is 11.7. The number of aliphatic hydroxyl groups is 1. The predicted molar refractivity (Wildman–Crippen MR) is 139 cm³/mol. The number of alkyl halides is 2. The third-order valence-electron chi connectivity index (χ3n) is 6.55. The molecule has 3 heterocycles. The van der Waals surface area contributed by atoms with Crippen molar-refractivity contribution in [1.29, 1.82) is 0 Å². The van der Waals surface area contributed by atoms with Gasteiger partial charge in [0, 0.05) is 55.2 Å². The Bertz CT molecular complexity index is 1250. The van der Waals surface area contributed by atoms with Gasteiger partial charge in [-0.25, -0.2) is 4.98 Å². The number of hydrogen-bond donors (Lipinski definition) is 3. The van der Waals surface area contributed by atoms with E-state index in [1.807, 2.05) is 25.1 Å². The van der Waals surface area contributed by atoms with Gasteiger partial charge >= 0.3 is 0 Å². The predicted octanol–water partition coefficient (Wildman–Crippen LogP) is 5.50. The van der Waals surface area contributed by atoms with Gasteiger partial charge in [-0.1, -0.05) is 13.0 Å². The van der Waals surface area contributed by atoms with Gasteiger partial charge in [0.25, 0.3) is 11.8 Å². The number of carbonyl (C=O) groups excluding carboxylic acids is 1. The van der Waals surface area contributed by atoms with E-state index in [-0.39, 0.29) is 18.1 Å². The first-order chi connectivity index (χ1) is 17.8. The average Bonchev–Trinajstić information content (AvgIpc) is 2.93. The normalized spacial score (nSPS) is 14.4. The molecule has 0 unspecified atom stereocenters. The van der Waals surface area contributed by atoms with Crippen LogP contribution < -0.4 is 10.6 Å². The highest BCUT2D eigenvalue weighted by Gasteiger charge is 2.31. The zero-order valence-corrected chi connectivity index (χ0v) is 21.1. The maximum absolute atomic E-state index is 14.1. The largest absolute Gasteiger partial charge is 0.395 e. The van der Waals surface area contributed by atoms with Gasteiger partial charge in [-0.2, -0.15) is 8.78 Å². The van der Waals surface area contributed by atoms with Gasteiger partial charge in [0.2, 0.25) is 0 Å². The third-order valence-corrected chi connectivity index (χ3v) is 6.55. The number of aliphatic hydroxyl groups excluding tert-OH is 1. The number of halogens is 2. The van der Waals surface area contributed by atoms with E-state index < -0.39 is 23.9 Å². The number of anilines is 2. The first-order valence-electron chi connectivity index (χ1n) is 12.5. The second-order valence-corrected chi connectivity index (χ2v) is 9.17. The van der Waals surface area contributed by atoms with E-state index in [1.54, 1.807) is 6.07 Å². The van der Waals surface area contributed by atoms with Crippen molar-refractivity contribution in [1.82, 2.24) is 9.97 Å².